The molecule has 0 saturated heterocycles. The molecule has 4 rings (SSSR count). The van der Waals surface area contributed by atoms with Gasteiger partial charge in [-0.05, 0) is 36.1 Å². The van der Waals surface area contributed by atoms with E-state index < -0.39 is 15.4 Å². The summed E-state index contributed by atoms with van der Waals surface area (Å²) in [6, 6.07) is 6.17. The number of sulfonamides is 1. The fourth-order valence-corrected chi connectivity index (χ4v) is 5.07. The predicted molar refractivity (Wildman–Crippen MR) is 155 cm³/mol. The molecule has 2 aromatic heterocycles. The minimum atomic E-state index is -3.52. The van der Waals surface area contributed by atoms with Gasteiger partial charge in [0.15, 0.2) is 11.6 Å². The van der Waals surface area contributed by atoms with Gasteiger partial charge in [0.05, 0.1) is 32.2 Å². The smallest absolute Gasteiger partial charge is 0.233 e. The first-order valence-corrected chi connectivity index (χ1v) is 15.1. The van der Waals surface area contributed by atoms with Crippen LogP contribution in [0.5, 0.6) is 0 Å². The molecule has 0 atom stereocenters. The van der Waals surface area contributed by atoms with E-state index in [1.165, 1.54) is 36.8 Å². The van der Waals surface area contributed by atoms with E-state index in [-0.39, 0.29) is 25.6 Å². The summed E-state index contributed by atoms with van der Waals surface area (Å²) in [5, 5.41) is 26.0. The minimum Gasteiger partial charge on any atom is -0.396 e. The normalized spacial score (nSPS) is 14.3. The van der Waals surface area contributed by atoms with Crippen molar-refractivity contribution < 1.29 is 18.6 Å². The number of anilines is 4. The number of hydrogen-bond acceptors (Lipinski definition) is 11. The molecule has 1 aliphatic heterocycles. The number of hydrogen-bond donors (Lipinski definition) is 4. The summed E-state index contributed by atoms with van der Waals surface area (Å²) in [4.78, 5) is 19.5. The minimum absolute atomic E-state index is 0.0590. The highest BCUT2D eigenvalue weighted by atomic mass is 35.5. The summed E-state index contributed by atoms with van der Waals surface area (Å²) >= 11 is 6.34. The molecule has 216 valence electrons. The first-order valence-electron chi connectivity index (χ1n) is 12.8. The highest BCUT2D eigenvalue weighted by molar-refractivity contribution is 7.92. The molecule has 0 amide bonds. The highest BCUT2D eigenvalue weighted by Crippen LogP contribution is 2.26. The Labute approximate surface area is 239 Å². The largest absolute Gasteiger partial charge is 0.396 e. The third-order valence-corrected chi connectivity index (χ3v) is 8.39. The van der Waals surface area contributed by atoms with Gasteiger partial charge in [-0.1, -0.05) is 24.6 Å². The summed E-state index contributed by atoms with van der Waals surface area (Å²) in [6.07, 6.45) is 7.22. The molecular weight excluding hydrogens is 556 g/mol. The third-order valence-electron chi connectivity index (χ3n) is 6.94. The van der Waals surface area contributed by atoms with Gasteiger partial charge in [-0.15, -0.1) is 0 Å². The van der Waals surface area contributed by atoms with Crippen LogP contribution in [0.3, 0.4) is 0 Å². The van der Waals surface area contributed by atoms with Gasteiger partial charge in [0, 0.05) is 50.2 Å². The van der Waals surface area contributed by atoms with Crippen LogP contribution < -0.4 is 14.9 Å². The average Bonchev–Trinajstić information content (AvgIpc) is 3.14. The maximum absolute atomic E-state index is 12.0. The lowest BCUT2D eigenvalue weighted by Crippen LogP contribution is -2.41. The van der Waals surface area contributed by atoms with Crippen LogP contribution in [0.15, 0.2) is 36.8 Å². The van der Waals surface area contributed by atoms with Crippen LogP contribution in [-0.4, -0.2) is 89.6 Å². The molecule has 0 aliphatic carbocycles. The van der Waals surface area contributed by atoms with E-state index in [1.54, 1.807) is 0 Å². The lowest BCUT2D eigenvalue weighted by molar-refractivity contribution is 0.0362. The van der Waals surface area contributed by atoms with Gasteiger partial charge >= 0.3 is 0 Å². The summed E-state index contributed by atoms with van der Waals surface area (Å²) in [7, 11) is -2.10. The Morgan fingerprint density at radius 1 is 1.10 bits per heavy atom. The second-order valence-corrected chi connectivity index (χ2v) is 12.7. The van der Waals surface area contributed by atoms with Crippen LogP contribution in [0.1, 0.15) is 23.7 Å². The number of aromatic nitrogens is 4. The predicted octanol–water partition coefficient (Wildman–Crippen LogP) is 2.06. The molecule has 40 heavy (non-hydrogen) atoms. The highest BCUT2D eigenvalue weighted by Gasteiger charge is 2.27. The summed E-state index contributed by atoms with van der Waals surface area (Å²) in [5.41, 5.74) is 3.21. The molecule has 0 fully saturated rings. The fourth-order valence-electron chi connectivity index (χ4n) is 4.45. The summed E-state index contributed by atoms with van der Waals surface area (Å²) in [5.74, 6) is 0.914. The number of rotatable bonds is 11. The molecular formula is C26H35ClN8O4S. The van der Waals surface area contributed by atoms with Crippen molar-refractivity contribution in [1.82, 2.24) is 24.8 Å². The molecule has 1 aromatic carbocycles. The number of fused-ring (bicyclic) bond motifs is 1. The monoisotopic (exact) mass is 590 g/mol. The van der Waals surface area contributed by atoms with E-state index in [0.717, 1.165) is 42.2 Å². The van der Waals surface area contributed by atoms with Crippen LogP contribution in [0, 0.1) is 5.41 Å². The second kappa shape index (κ2) is 12.6. The molecule has 1 aliphatic rings. The molecule has 0 bridgehead atoms. The van der Waals surface area contributed by atoms with Crippen molar-refractivity contribution in [3.05, 3.63) is 58.6 Å². The molecule has 14 heteroatoms. The lowest BCUT2D eigenvalue weighted by Gasteiger charge is -2.32. The zero-order chi connectivity index (χ0) is 28.9. The fraction of sp³-hybridized carbons (Fsp3) is 0.462. The molecule has 3 aromatic rings. The molecule has 0 spiro atoms. The van der Waals surface area contributed by atoms with Gasteiger partial charge in [0.1, 0.15) is 10.7 Å². The first kappa shape index (κ1) is 29.9. The van der Waals surface area contributed by atoms with E-state index >= 15 is 0 Å². The number of benzene rings is 1. The lowest BCUT2D eigenvalue weighted by atomic mass is 9.92. The van der Waals surface area contributed by atoms with Gasteiger partial charge < -0.3 is 25.7 Å². The summed E-state index contributed by atoms with van der Waals surface area (Å²) in [6.45, 7) is 4.23. The Bertz CT molecular complexity index is 1440. The van der Waals surface area contributed by atoms with Gasteiger partial charge in [-0.3, -0.25) is 9.29 Å². The van der Waals surface area contributed by atoms with Crippen molar-refractivity contribution in [1.29, 1.82) is 0 Å². The van der Waals surface area contributed by atoms with E-state index in [9.17, 15) is 18.6 Å². The Kier molecular flexibility index (Phi) is 9.41. The molecule has 0 saturated carbocycles. The van der Waals surface area contributed by atoms with Crippen LogP contribution in [0.25, 0.3) is 0 Å². The molecule has 0 unspecified atom stereocenters. The van der Waals surface area contributed by atoms with Gasteiger partial charge in [0.2, 0.25) is 16.0 Å². The summed E-state index contributed by atoms with van der Waals surface area (Å²) < 4.78 is 25.1. The van der Waals surface area contributed by atoms with Crippen molar-refractivity contribution in [2.75, 3.05) is 61.1 Å². The molecule has 0 radical (unpaired) electrons. The number of nitrogens with one attached hydrogen (secondary N) is 2. The molecule has 4 N–H and O–H groups in total. The Hall–Kier alpha value is -3.10. The van der Waals surface area contributed by atoms with Gasteiger partial charge in [0.25, 0.3) is 0 Å². The number of halogens is 1. The Balaban J connectivity index is 1.44. The van der Waals surface area contributed by atoms with E-state index in [2.05, 4.69) is 47.6 Å². The van der Waals surface area contributed by atoms with Crippen molar-refractivity contribution >= 4 is 44.9 Å². The average molecular weight is 591 g/mol. The number of nitrogens with zero attached hydrogens (tertiary/aromatic N) is 6. The quantitative estimate of drug-likeness (QED) is 0.259. The van der Waals surface area contributed by atoms with Crippen molar-refractivity contribution in [3.63, 3.8) is 0 Å². The van der Waals surface area contributed by atoms with Crippen LogP contribution >= 0.6 is 11.6 Å². The SMILES string of the molecule is CN(c1nccnc1CNc1nc(Nc2ccc3c(c2)CCN(CC(C)(CO)CO)CC3)ncc1Cl)S(C)(=O)=O. The van der Waals surface area contributed by atoms with E-state index in [1.807, 2.05) is 13.0 Å². The Morgan fingerprint density at radius 2 is 1.80 bits per heavy atom. The van der Waals surface area contributed by atoms with E-state index in [0.29, 0.717) is 29.0 Å². The zero-order valence-corrected chi connectivity index (χ0v) is 24.4. The van der Waals surface area contributed by atoms with Gasteiger partial charge in [-0.25, -0.2) is 18.4 Å². The zero-order valence-electron chi connectivity index (χ0n) is 22.8. The Morgan fingerprint density at radius 3 is 2.50 bits per heavy atom. The van der Waals surface area contributed by atoms with Crippen molar-refractivity contribution in [2.45, 2.75) is 26.3 Å². The second-order valence-electron chi connectivity index (χ2n) is 10.3. The van der Waals surface area contributed by atoms with Crippen molar-refractivity contribution in [2.24, 2.45) is 5.41 Å². The number of aliphatic hydroxyl groups excluding tert-OH is 2. The molecule has 12 nitrogen and oxygen atoms in total. The standard InChI is InChI=1S/C26H35ClN8O4S/c1-26(16-36,17-37)15-35-10-6-18-4-5-20(12-19(18)7-11-35)32-25-31-13-21(27)23(33-25)30-14-22-24(29-9-8-28-22)34(2)40(3,38)39/h4-5,8-9,12-13,36-37H,6-7,10-11,14-17H2,1-3H3,(H2,30,31,32,33). The number of aliphatic hydroxyl groups is 2. The van der Waals surface area contributed by atoms with Crippen molar-refractivity contribution in [3.8, 4) is 0 Å². The van der Waals surface area contributed by atoms with Gasteiger partial charge in [-0.2, -0.15) is 4.98 Å². The van der Waals surface area contributed by atoms with Crippen LogP contribution in [0.4, 0.5) is 23.3 Å². The third kappa shape index (κ3) is 7.34. The topological polar surface area (TPSA) is 157 Å². The maximum atomic E-state index is 12.0. The van der Waals surface area contributed by atoms with Crippen LogP contribution in [-0.2, 0) is 29.4 Å². The van der Waals surface area contributed by atoms with Crippen LogP contribution in [0.2, 0.25) is 5.02 Å². The van der Waals surface area contributed by atoms with E-state index in [4.69, 9.17) is 11.6 Å². The first-order chi connectivity index (χ1) is 19.0. The molecule has 3 heterocycles. The maximum Gasteiger partial charge on any atom is 0.233 e.